The molecule has 7 nitrogen and oxygen atoms in total. The molecule has 2 atom stereocenters. The number of esters is 1. The van der Waals surface area contributed by atoms with Crippen molar-refractivity contribution < 1.29 is 18.1 Å². The number of nitrogens with one attached hydrogen (secondary N) is 2. The molecule has 10 heteroatoms. The van der Waals surface area contributed by atoms with E-state index >= 15 is 0 Å². The van der Waals surface area contributed by atoms with Gasteiger partial charge in [0.1, 0.15) is 0 Å². The Bertz CT molecular complexity index is 1210. The average molecular weight is 561 g/mol. The van der Waals surface area contributed by atoms with Gasteiger partial charge in [0.05, 0.1) is 18.2 Å². The van der Waals surface area contributed by atoms with Gasteiger partial charge in [0.15, 0.2) is 21.1 Å². The van der Waals surface area contributed by atoms with Crippen LogP contribution in [0.1, 0.15) is 57.9 Å². The summed E-state index contributed by atoms with van der Waals surface area (Å²) >= 11 is 1.35. The number of rotatable bonds is 16. The Balaban J connectivity index is 1.44. The lowest BCUT2D eigenvalue weighted by molar-refractivity contribution is -0.152. The van der Waals surface area contributed by atoms with E-state index in [4.69, 9.17) is 4.74 Å². The number of anilines is 1. The minimum absolute atomic E-state index is 0.121. The maximum Gasteiger partial charge on any atom is 0.312 e. The monoisotopic (exact) mass is 560 g/mol. The molecule has 0 aliphatic heterocycles. The van der Waals surface area contributed by atoms with Crippen LogP contribution in [0.15, 0.2) is 52.9 Å². The van der Waals surface area contributed by atoms with Crippen molar-refractivity contribution in [1.82, 2.24) is 15.3 Å². The number of hydrogen-bond donors (Lipinski definition) is 2. The Hall–Kier alpha value is -2.69. The molecule has 0 aliphatic rings. The van der Waals surface area contributed by atoms with Crippen LogP contribution in [-0.2, 0) is 26.9 Å². The molecule has 2 unspecified atom stereocenters. The van der Waals surface area contributed by atoms with E-state index < -0.39 is 22.3 Å². The van der Waals surface area contributed by atoms with E-state index in [1.807, 2.05) is 24.4 Å². The Morgan fingerprint density at radius 2 is 1.89 bits per heavy atom. The number of hydrogen-bond acceptors (Lipinski definition) is 7. The van der Waals surface area contributed by atoms with E-state index in [1.54, 1.807) is 0 Å². The summed E-state index contributed by atoms with van der Waals surface area (Å²) in [5, 5.41) is 5.99. The third-order valence-corrected chi connectivity index (χ3v) is 8.27. The fourth-order valence-electron chi connectivity index (χ4n) is 4.40. The van der Waals surface area contributed by atoms with Crippen LogP contribution in [0, 0.1) is 11.4 Å². The van der Waals surface area contributed by atoms with Gasteiger partial charge in [-0.3, -0.25) is 9.52 Å². The molecule has 2 aromatic heterocycles. The maximum absolute atomic E-state index is 13.3. The topological polar surface area (TPSA) is 93.2 Å². The fraction of sp³-hybridized carbons (Fsp3) is 0.464. The molecule has 0 spiro atoms. The zero-order chi connectivity index (χ0) is 27.4. The van der Waals surface area contributed by atoms with Crippen molar-refractivity contribution in [3.05, 3.63) is 59.4 Å². The standard InChI is InChI=1S/C28H37FN4O3S2/c1-4-17-28(2,26(34)36-3)20-30-18-10-6-5-7-12-21-13-8-9-14-22(21)23-19-37-27(31-23)33-38(35)25-16-11-15-24(29)32-25/h8-9,11,13-16,19,30H,4-7,10,12,17-18,20H2,1-3H3,(H,31,33). The van der Waals surface area contributed by atoms with Crippen LogP contribution in [0.4, 0.5) is 9.52 Å². The second-order valence-corrected chi connectivity index (χ2v) is 11.5. The van der Waals surface area contributed by atoms with Gasteiger partial charge < -0.3 is 10.1 Å². The molecule has 0 fully saturated rings. The SMILES string of the molecule is CCCC(C)(CNCCCCCCc1ccccc1-c1csc(NS(=O)c2cccc(F)n2)n1)C(=O)OC. The Morgan fingerprint density at radius 1 is 1.11 bits per heavy atom. The highest BCUT2D eigenvalue weighted by Gasteiger charge is 2.32. The van der Waals surface area contributed by atoms with Gasteiger partial charge in [-0.1, -0.05) is 56.5 Å². The van der Waals surface area contributed by atoms with Crippen molar-refractivity contribution >= 4 is 33.4 Å². The Kier molecular flexibility index (Phi) is 11.8. The molecule has 0 amide bonds. The van der Waals surface area contributed by atoms with Gasteiger partial charge in [0.25, 0.3) is 0 Å². The average Bonchev–Trinajstić information content (AvgIpc) is 3.38. The summed E-state index contributed by atoms with van der Waals surface area (Å²) in [6, 6.07) is 12.4. The zero-order valence-corrected chi connectivity index (χ0v) is 23.9. The van der Waals surface area contributed by atoms with Crippen LogP contribution in [-0.4, -0.2) is 40.3 Å². The van der Waals surface area contributed by atoms with E-state index in [-0.39, 0.29) is 11.0 Å². The number of carbonyl (C=O) groups is 1. The molecular weight excluding hydrogens is 523 g/mol. The number of halogens is 1. The number of methoxy groups -OCH3 is 1. The van der Waals surface area contributed by atoms with Crippen molar-refractivity contribution in [3.8, 4) is 11.3 Å². The summed E-state index contributed by atoms with van der Waals surface area (Å²) in [5.74, 6) is -0.818. The smallest absolute Gasteiger partial charge is 0.312 e. The van der Waals surface area contributed by atoms with Crippen molar-refractivity contribution in [2.24, 2.45) is 5.41 Å². The van der Waals surface area contributed by atoms with Crippen molar-refractivity contribution in [1.29, 1.82) is 0 Å². The summed E-state index contributed by atoms with van der Waals surface area (Å²) in [4.78, 5) is 20.4. The summed E-state index contributed by atoms with van der Waals surface area (Å²) in [7, 11) is -0.241. The van der Waals surface area contributed by atoms with Crippen LogP contribution >= 0.6 is 11.3 Å². The predicted molar refractivity (Wildman–Crippen MR) is 152 cm³/mol. The number of carbonyl (C=O) groups excluding carboxylic acids is 1. The van der Waals surface area contributed by atoms with Crippen LogP contribution in [0.25, 0.3) is 11.3 Å². The molecule has 0 saturated heterocycles. The molecule has 0 radical (unpaired) electrons. The normalized spacial score (nSPS) is 13.6. The van der Waals surface area contributed by atoms with Crippen molar-refractivity contribution in [3.63, 3.8) is 0 Å². The maximum atomic E-state index is 13.3. The number of nitrogens with zero attached hydrogens (tertiary/aromatic N) is 2. The lowest BCUT2D eigenvalue weighted by Gasteiger charge is -2.26. The van der Waals surface area contributed by atoms with Gasteiger partial charge in [-0.05, 0) is 56.8 Å². The quantitative estimate of drug-likeness (QED) is 0.124. The lowest BCUT2D eigenvalue weighted by atomic mass is 9.85. The number of unbranched alkanes of at least 4 members (excludes halogenated alkanes) is 3. The number of pyridine rings is 1. The Morgan fingerprint density at radius 3 is 2.66 bits per heavy atom. The van der Waals surface area contributed by atoms with Crippen LogP contribution in [0.2, 0.25) is 0 Å². The summed E-state index contributed by atoms with van der Waals surface area (Å²) in [6.45, 7) is 5.57. The molecule has 0 saturated carbocycles. The number of aryl methyl sites for hydroxylation is 1. The first-order valence-electron chi connectivity index (χ1n) is 13.0. The van der Waals surface area contributed by atoms with E-state index in [0.717, 1.165) is 62.7 Å². The molecule has 2 N–H and O–H groups in total. The molecule has 206 valence electrons. The molecular formula is C28H37FN4O3S2. The van der Waals surface area contributed by atoms with Crippen molar-refractivity contribution in [2.75, 3.05) is 24.9 Å². The number of ether oxygens (including phenoxy) is 1. The van der Waals surface area contributed by atoms with Crippen LogP contribution < -0.4 is 10.0 Å². The summed E-state index contributed by atoms with van der Waals surface area (Å²) < 4.78 is 33.6. The Labute approximate surface area is 231 Å². The third-order valence-electron chi connectivity index (χ3n) is 6.40. The third kappa shape index (κ3) is 8.68. The largest absolute Gasteiger partial charge is 0.469 e. The van der Waals surface area contributed by atoms with Gasteiger partial charge >= 0.3 is 5.97 Å². The minimum atomic E-state index is -1.69. The first-order chi connectivity index (χ1) is 18.4. The van der Waals surface area contributed by atoms with E-state index in [9.17, 15) is 13.4 Å². The molecule has 3 aromatic rings. The first-order valence-corrected chi connectivity index (χ1v) is 15.0. The molecule has 0 aliphatic carbocycles. The first kappa shape index (κ1) is 29.9. The second-order valence-electron chi connectivity index (χ2n) is 9.51. The van der Waals surface area contributed by atoms with Crippen LogP contribution in [0.3, 0.4) is 0 Å². The highest BCUT2D eigenvalue weighted by atomic mass is 32.2. The molecule has 38 heavy (non-hydrogen) atoms. The molecule has 1 aromatic carbocycles. The minimum Gasteiger partial charge on any atom is -0.469 e. The number of thiazole rings is 1. The van der Waals surface area contributed by atoms with Gasteiger partial charge in [0, 0.05) is 17.5 Å². The molecule has 0 bridgehead atoms. The van der Waals surface area contributed by atoms with E-state index in [2.05, 4.69) is 39.1 Å². The van der Waals surface area contributed by atoms with Gasteiger partial charge in [-0.25, -0.2) is 14.2 Å². The zero-order valence-electron chi connectivity index (χ0n) is 22.3. The van der Waals surface area contributed by atoms with Crippen molar-refractivity contribution in [2.45, 2.75) is 63.8 Å². The van der Waals surface area contributed by atoms with Gasteiger partial charge in [-0.2, -0.15) is 4.39 Å². The van der Waals surface area contributed by atoms with E-state index in [0.29, 0.717) is 11.7 Å². The second kappa shape index (κ2) is 15.0. The lowest BCUT2D eigenvalue weighted by Crippen LogP contribution is -2.39. The van der Waals surface area contributed by atoms with Gasteiger partial charge in [-0.15, -0.1) is 11.3 Å². The molecule has 2 heterocycles. The number of aromatic nitrogens is 2. The summed E-state index contributed by atoms with van der Waals surface area (Å²) in [5.41, 5.74) is 2.64. The highest BCUT2D eigenvalue weighted by molar-refractivity contribution is 7.86. The van der Waals surface area contributed by atoms with Gasteiger partial charge in [0.2, 0.25) is 5.95 Å². The van der Waals surface area contributed by atoms with Crippen LogP contribution in [0.5, 0.6) is 0 Å². The predicted octanol–water partition coefficient (Wildman–Crippen LogP) is 6.15. The molecule has 3 rings (SSSR count). The van der Waals surface area contributed by atoms with E-state index in [1.165, 1.54) is 42.2 Å². The summed E-state index contributed by atoms with van der Waals surface area (Å²) in [6.07, 6.45) is 7.05. The fourth-order valence-corrected chi connectivity index (χ4v) is 6.06. The number of benzene rings is 1. The highest BCUT2D eigenvalue weighted by Crippen LogP contribution is 2.29.